The molecule has 2 rings (SSSR count). The molecule has 5 nitrogen and oxygen atoms in total. The number of amides is 1. The number of carbonyl (C=O) groups excluding carboxylic acids is 1. The van der Waals surface area contributed by atoms with Gasteiger partial charge in [-0.3, -0.25) is 4.79 Å². The van der Waals surface area contributed by atoms with Crippen LogP contribution in [0.3, 0.4) is 0 Å². The topological polar surface area (TPSA) is 82.2 Å². The zero-order valence-corrected chi connectivity index (χ0v) is 13.2. The van der Waals surface area contributed by atoms with E-state index in [-0.39, 0.29) is 5.57 Å². The first-order valence-corrected chi connectivity index (χ1v) is 7.63. The second-order valence-corrected chi connectivity index (χ2v) is 5.84. The predicted molar refractivity (Wildman–Crippen MR) is 88.2 cm³/mol. The molecule has 1 aliphatic rings. The van der Waals surface area contributed by atoms with Crippen molar-refractivity contribution in [3.63, 3.8) is 0 Å². The average molecular weight is 319 g/mol. The van der Waals surface area contributed by atoms with Gasteiger partial charge < -0.3 is 16.0 Å². The number of nitrogens with two attached hydrogens (primary N) is 1. The third-order valence-electron chi connectivity index (χ3n) is 3.76. The lowest BCUT2D eigenvalue weighted by Crippen LogP contribution is -2.34. The Morgan fingerprint density at radius 3 is 2.95 bits per heavy atom. The molecular weight excluding hydrogens is 300 g/mol. The van der Waals surface area contributed by atoms with Crippen LogP contribution in [0, 0.1) is 11.3 Å². The number of piperidine rings is 1. The van der Waals surface area contributed by atoms with E-state index in [2.05, 4.69) is 12.2 Å². The molecule has 1 atom stereocenters. The SMILES string of the molecule is CC1CCCCN1/C=C(/C#N)C(=O)Nc1ccc(N)cc1Cl. The zero-order chi connectivity index (χ0) is 16.1. The van der Waals surface area contributed by atoms with Gasteiger partial charge in [0, 0.05) is 24.5 Å². The Hall–Kier alpha value is -2.19. The van der Waals surface area contributed by atoms with Crippen molar-refractivity contribution < 1.29 is 4.79 Å². The number of benzene rings is 1. The van der Waals surface area contributed by atoms with E-state index in [0.29, 0.717) is 22.4 Å². The summed E-state index contributed by atoms with van der Waals surface area (Å²) >= 11 is 6.03. The van der Waals surface area contributed by atoms with Gasteiger partial charge in [-0.15, -0.1) is 0 Å². The molecule has 1 amide bonds. The highest BCUT2D eigenvalue weighted by molar-refractivity contribution is 6.34. The Bertz CT molecular complexity index is 636. The molecule has 0 spiro atoms. The third kappa shape index (κ3) is 3.92. The summed E-state index contributed by atoms with van der Waals surface area (Å²) in [6.45, 7) is 2.96. The zero-order valence-electron chi connectivity index (χ0n) is 12.5. The lowest BCUT2D eigenvalue weighted by atomic mass is 10.0. The van der Waals surface area contributed by atoms with E-state index in [0.717, 1.165) is 19.4 Å². The highest BCUT2D eigenvalue weighted by atomic mass is 35.5. The van der Waals surface area contributed by atoms with Gasteiger partial charge in [0.15, 0.2) is 0 Å². The van der Waals surface area contributed by atoms with Crippen LogP contribution >= 0.6 is 11.6 Å². The maximum atomic E-state index is 12.2. The molecular formula is C16H19ClN4O. The molecule has 1 heterocycles. The van der Waals surface area contributed by atoms with Crippen molar-refractivity contribution in [1.82, 2.24) is 4.90 Å². The average Bonchev–Trinajstić information content (AvgIpc) is 2.49. The van der Waals surface area contributed by atoms with Gasteiger partial charge in [-0.2, -0.15) is 5.26 Å². The minimum Gasteiger partial charge on any atom is -0.399 e. The van der Waals surface area contributed by atoms with Gasteiger partial charge >= 0.3 is 0 Å². The number of rotatable bonds is 3. The Balaban J connectivity index is 2.13. The molecule has 1 aromatic rings. The number of nitrogen functional groups attached to an aromatic ring is 1. The number of hydrogen-bond donors (Lipinski definition) is 2. The summed E-state index contributed by atoms with van der Waals surface area (Å²) < 4.78 is 0. The molecule has 0 bridgehead atoms. The fourth-order valence-corrected chi connectivity index (χ4v) is 2.67. The summed E-state index contributed by atoms with van der Waals surface area (Å²) in [5.41, 5.74) is 6.64. The Labute approximate surface area is 135 Å². The van der Waals surface area contributed by atoms with E-state index < -0.39 is 5.91 Å². The Morgan fingerprint density at radius 2 is 2.32 bits per heavy atom. The van der Waals surface area contributed by atoms with E-state index in [9.17, 15) is 10.1 Å². The van der Waals surface area contributed by atoms with Gasteiger partial charge in [-0.05, 0) is 44.4 Å². The van der Waals surface area contributed by atoms with Crippen molar-refractivity contribution in [2.75, 3.05) is 17.6 Å². The monoisotopic (exact) mass is 318 g/mol. The summed E-state index contributed by atoms with van der Waals surface area (Å²) in [5.74, 6) is -0.466. The summed E-state index contributed by atoms with van der Waals surface area (Å²) in [6, 6.07) is 7.12. The van der Waals surface area contributed by atoms with E-state index in [1.165, 1.54) is 6.42 Å². The van der Waals surface area contributed by atoms with Crippen LogP contribution in [0.5, 0.6) is 0 Å². The highest BCUT2D eigenvalue weighted by Gasteiger charge is 2.18. The van der Waals surface area contributed by atoms with Crippen LogP contribution in [0.1, 0.15) is 26.2 Å². The van der Waals surface area contributed by atoms with Crippen LogP contribution < -0.4 is 11.1 Å². The summed E-state index contributed by atoms with van der Waals surface area (Å²) in [5, 5.41) is 12.2. The predicted octanol–water partition coefficient (Wildman–Crippen LogP) is 3.14. The minimum absolute atomic E-state index is 0.0710. The molecule has 6 heteroatoms. The summed E-state index contributed by atoms with van der Waals surface area (Å²) in [4.78, 5) is 14.3. The fraction of sp³-hybridized carbons (Fsp3) is 0.375. The normalized spacial score (nSPS) is 18.7. The maximum absolute atomic E-state index is 12.2. The molecule has 0 saturated carbocycles. The first-order chi connectivity index (χ1) is 10.5. The van der Waals surface area contributed by atoms with Crippen LogP contribution in [0.2, 0.25) is 5.02 Å². The van der Waals surface area contributed by atoms with Crippen LogP contribution in [0.25, 0.3) is 0 Å². The number of nitrogens with one attached hydrogen (secondary N) is 1. The molecule has 116 valence electrons. The molecule has 3 N–H and O–H groups in total. The van der Waals surface area contributed by atoms with Crippen molar-refractivity contribution in [3.8, 4) is 6.07 Å². The van der Waals surface area contributed by atoms with Crippen LogP contribution in [-0.4, -0.2) is 23.4 Å². The largest absolute Gasteiger partial charge is 0.399 e. The van der Waals surface area contributed by atoms with Crippen molar-refractivity contribution >= 4 is 28.9 Å². The molecule has 1 fully saturated rings. The minimum atomic E-state index is -0.466. The number of nitrogens with zero attached hydrogens (tertiary/aromatic N) is 2. The molecule has 1 aliphatic heterocycles. The summed E-state index contributed by atoms with van der Waals surface area (Å²) in [7, 11) is 0. The molecule has 0 aromatic heterocycles. The van der Waals surface area contributed by atoms with Gasteiger partial charge in [-0.1, -0.05) is 11.6 Å². The molecule has 1 saturated heterocycles. The van der Waals surface area contributed by atoms with E-state index >= 15 is 0 Å². The summed E-state index contributed by atoms with van der Waals surface area (Å²) in [6.07, 6.45) is 4.97. The smallest absolute Gasteiger partial charge is 0.267 e. The van der Waals surface area contributed by atoms with E-state index in [1.54, 1.807) is 24.4 Å². The number of carbonyl (C=O) groups is 1. The van der Waals surface area contributed by atoms with Crippen molar-refractivity contribution in [2.45, 2.75) is 32.2 Å². The third-order valence-corrected chi connectivity index (χ3v) is 4.07. The number of anilines is 2. The first-order valence-electron chi connectivity index (χ1n) is 7.25. The second-order valence-electron chi connectivity index (χ2n) is 5.43. The van der Waals surface area contributed by atoms with Gasteiger partial charge in [0.05, 0.1) is 10.7 Å². The van der Waals surface area contributed by atoms with E-state index in [1.807, 2.05) is 11.0 Å². The quantitative estimate of drug-likeness (QED) is 0.509. The van der Waals surface area contributed by atoms with Crippen molar-refractivity contribution in [1.29, 1.82) is 5.26 Å². The second kappa shape index (κ2) is 7.19. The van der Waals surface area contributed by atoms with Crippen LogP contribution in [-0.2, 0) is 4.79 Å². The first kappa shape index (κ1) is 16.2. The van der Waals surface area contributed by atoms with E-state index in [4.69, 9.17) is 17.3 Å². The van der Waals surface area contributed by atoms with Crippen LogP contribution in [0.4, 0.5) is 11.4 Å². The lowest BCUT2D eigenvalue weighted by molar-refractivity contribution is -0.112. The van der Waals surface area contributed by atoms with Crippen LogP contribution in [0.15, 0.2) is 30.0 Å². The molecule has 1 unspecified atom stereocenters. The maximum Gasteiger partial charge on any atom is 0.267 e. The molecule has 0 aliphatic carbocycles. The fourth-order valence-electron chi connectivity index (χ4n) is 2.44. The number of likely N-dealkylation sites (tertiary alicyclic amines) is 1. The standard InChI is InChI=1S/C16H19ClN4O/c1-11-4-2-3-7-21(11)10-12(9-18)16(22)20-15-6-5-13(19)8-14(15)17/h5-6,8,10-11H,2-4,7,19H2,1H3,(H,20,22)/b12-10-. The molecule has 1 aromatic carbocycles. The van der Waals surface area contributed by atoms with Gasteiger partial charge in [0.2, 0.25) is 0 Å². The van der Waals surface area contributed by atoms with Crippen molar-refractivity contribution in [2.24, 2.45) is 0 Å². The van der Waals surface area contributed by atoms with Gasteiger partial charge in [0.1, 0.15) is 11.6 Å². The van der Waals surface area contributed by atoms with Crippen molar-refractivity contribution in [3.05, 3.63) is 35.0 Å². The van der Waals surface area contributed by atoms with Gasteiger partial charge in [-0.25, -0.2) is 0 Å². The van der Waals surface area contributed by atoms with Gasteiger partial charge in [0.25, 0.3) is 5.91 Å². The number of nitriles is 1. The number of hydrogen-bond acceptors (Lipinski definition) is 4. The Kier molecular flexibility index (Phi) is 5.29. The number of halogens is 1. The lowest BCUT2D eigenvalue weighted by Gasteiger charge is -2.32. The molecule has 0 radical (unpaired) electrons. The Morgan fingerprint density at radius 1 is 1.55 bits per heavy atom. The molecule has 22 heavy (non-hydrogen) atoms. The highest BCUT2D eigenvalue weighted by Crippen LogP contribution is 2.24.